The maximum atomic E-state index is 13.0. The van der Waals surface area contributed by atoms with Crippen LogP contribution in [0.15, 0.2) is 78.2 Å². The fraction of sp³-hybridized carbons (Fsp3) is 0.0870. The average Bonchev–Trinajstić information content (AvgIpc) is 3.26. The third kappa shape index (κ3) is 5.24. The average molecular weight is 463 g/mol. The quantitative estimate of drug-likeness (QED) is 0.337. The first-order chi connectivity index (χ1) is 16.0. The number of nitrogens with one attached hydrogen (secondary N) is 2. The van der Waals surface area contributed by atoms with Crippen LogP contribution in [0.1, 0.15) is 15.9 Å². The van der Waals surface area contributed by atoms with Gasteiger partial charge in [-0.3, -0.25) is 30.0 Å². The lowest BCUT2D eigenvalue weighted by atomic mass is 10.2. The lowest BCUT2D eigenvalue weighted by Gasteiger charge is -2.13. The zero-order valence-electron chi connectivity index (χ0n) is 17.5. The van der Waals surface area contributed by atoms with Gasteiger partial charge in [0.25, 0.3) is 5.91 Å². The number of carbonyl (C=O) groups excluding carboxylic acids is 2. The molecule has 0 aliphatic heterocycles. The van der Waals surface area contributed by atoms with E-state index in [1.807, 2.05) is 47.9 Å². The number of thioether (sulfide) groups is 1. The highest BCUT2D eigenvalue weighted by Gasteiger charge is 2.18. The van der Waals surface area contributed by atoms with E-state index in [4.69, 9.17) is 0 Å². The summed E-state index contributed by atoms with van der Waals surface area (Å²) in [5, 5.41) is 9.14. The molecular formula is C23H19FN6O2S. The third-order valence-electron chi connectivity index (χ3n) is 4.68. The van der Waals surface area contributed by atoms with E-state index in [9.17, 15) is 14.0 Å². The molecule has 33 heavy (non-hydrogen) atoms. The van der Waals surface area contributed by atoms with Crippen molar-refractivity contribution < 1.29 is 14.0 Å². The molecule has 8 nitrogen and oxygen atoms in total. The molecule has 0 unspecified atom stereocenters. The van der Waals surface area contributed by atoms with Crippen molar-refractivity contribution in [2.75, 3.05) is 5.75 Å². The number of halogens is 1. The number of benzene rings is 2. The molecule has 166 valence electrons. The number of para-hydroxylation sites is 1. The van der Waals surface area contributed by atoms with Gasteiger partial charge in [-0.25, -0.2) is 4.39 Å². The number of pyridine rings is 1. The summed E-state index contributed by atoms with van der Waals surface area (Å²) < 4.78 is 14.9. The van der Waals surface area contributed by atoms with Gasteiger partial charge in [-0.15, -0.1) is 10.2 Å². The van der Waals surface area contributed by atoms with E-state index in [2.05, 4.69) is 26.0 Å². The fourth-order valence-corrected chi connectivity index (χ4v) is 3.79. The molecule has 0 saturated carbocycles. The molecule has 10 heteroatoms. The minimum atomic E-state index is -0.545. The van der Waals surface area contributed by atoms with Crippen molar-refractivity contribution in [2.24, 2.45) is 0 Å². The van der Waals surface area contributed by atoms with Crippen molar-refractivity contribution in [3.8, 4) is 17.1 Å². The summed E-state index contributed by atoms with van der Waals surface area (Å²) in [5.41, 5.74) is 7.65. The van der Waals surface area contributed by atoms with Crippen LogP contribution in [0.3, 0.4) is 0 Å². The number of aryl methyl sites for hydroxylation is 1. The second-order valence-electron chi connectivity index (χ2n) is 6.96. The first-order valence-electron chi connectivity index (χ1n) is 9.92. The van der Waals surface area contributed by atoms with Crippen LogP contribution in [0.25, 0.3) is 17.1 Å². The minimum absolute atomic E-state index is 0.00986. The summed E-state index contributed by atoms with van der Waals surface area (Å²) in [6, 6.07) is 16.5. The van der Waals surface area contributed by atoms with Gasteiger partial charge in [0.1, 0.15) is 5.82 Å². The molecule has 2 amide bonds. The number of hydrogen-bond acceptors (Lipinski definition) is 6. The van der Waals surface area contributed by atoms with Crippen LogP contribution < -0.4 is 10.9 Å². The molecule has 0 spiro atoms. The van der Waals surface area contributed by atoms with Crippen molar-refractivity contribution in [2.45, 2.75) is 12.1 Å². The van der Waals surface area contributed by atoms with Crippen LogP contribution in [0, 0.1) is 12.7 Å². The van der Waals surface area contributed by atoms with Crippen LogP contribution in [0.2, 0.25) is 0 Å². The van der Waals surface area contributed by atoms with Crippen molar-refractivity contribution in [3.05, 3.63) is 90.0 Å². The summed E-state index contributed by atoms with van der Waals surface area (Å²) in [6.45, 7) is 1.98. The van der Waals surface area contributed by atoms with Crippen LogP contribution in [0.5, 0.6) is 0 Å². The molecule has 0 atom stereocenters. The van der Waals surface area contributed by atoms with E-state index >= 15 is 0 Å². The Balaban J connectivity index is 1.48. The zero-order chi connectivity index (χ0) is 23.2. The highest BCUT2D eigenvalue weighted by atomic mass is 32.2. The van der Waals surface area contributed by atoms with E-state index < -0.39 is 17.6 Å². The Kier molecular flexibility index (Phi) is 6.75. The largest absolute Gasteiger partial charge is 0.272 e. The van der Waals surface area contributed by atoms with Crippen molar-refractivity contribution in [3.63, 3.8) is 0 Å². The van der Waals surface area contributed by atoms with Crippen molar-refractivity contribution >= 4 is 23.6 Å². The summed E-state index contributed by atoms with van der Waals surface area (Å²) in [6.07, 6.45) is 3.35. The second-order valence-corrected chi connectivity index (χ2v) is 7.90. The van der Waals surface area contributed by atoms with Gasteiger partial charge in [-0.1, -0.05) is 30.0 Å². The van der Waals surface area contributed by atoms with E-state index in [0.717, 1.165) is 16.8 Å². The lowest BCUT2D eigenvalue weighted by Crippen LogP contribution is -2.42. The molecule has 0 aliphatic rings. The molecule has 0 saturated heterocycles. The molecule has 0 aliphatic carbocycles. The number of hydrazine groups is 1. The molecule has 2 heterocycles. The molecule has 0 bridgehead atoms. The highest BCUT2D eigenvalue weighted by Crippen LogP contribution is 2.29. The number of rotatable bonds is 6. The summed E-state index contributed by atoms with van der Waals surface area (Å²) >= 11 is 1.18. The van der Waals surface area contributed by atoms with Crippen LogP contribution in [-0.2, 0) is 4.79 Å². The molecule has 0 radical (unpaired) electrons. The molecule has 0 fully saturated rings. The second kappa shape index (κ2) is 10.0. The number of aromatic nitrogens is 4. The Bertz CT molecular complexity index is 1280. The van der Waals surface area contributed by atoms with Crippen LogP contribution in [-0.4, -0.2) is 37.3 Å². The topological polar surface area (TPSA) is 102 Å². The van der Waals surface area contributed by atoms with Gasteiger partial charge in [0.2, 0.25) is 5.91 Å². The monoisotopic (exact) mass is 462 g/mol. The highest BCUT2D eigenvalue weighted by molar-refractivity contribution is 7.99. The van der Waals surface area contributed by atoms with E-state index in [1.165, 1.54) is 36.0 Å². The summed E-state index contributed by atoms with van der Waals surface area (Å²) in [7, 11) is 0. The van der Waals surface area contributed by atoms with E-state index in [0.29, 0.717) is 11.0 Å². The zero-order valence-corrected chi connectivity index (χ0v) is 18.3. The summed E-state index contributed by atoms with van der Waals surface area (Å²) in [5.74, 6) is -0.809. The Hall–Kier alpha value is -4.05. The standard InChI is InChI=1S/C23H19FN6O2S/c1-15-4-2-3-5-19(15)30-21(16-10-12-25-13-11-16)27-29-23(30)33-14-20(31)26-28-22(32)17-6-8-18(24)9-7-17/h2-13H,14H2,1H3,(H,26,31)(H,28,32). The van der Waals surface area contributed by atoms with Gasteiger partial charge in [-0.2, -0.15) is 0 Å². The number of amides is 2. The van der Waals surface area contributed by atoms with Crippen LogP contribution >= 0.6 is 11.8 Å². The van der Waals surface area contributed by atoms with Gasteiger partial charge >= 0.3 is 0 Å². The predicted molar refractivity (Wildman–Crippen MR) is 122 cm³/mol. The Morgan fingerprint density at radius 3 is 2.42 bits per heavy atom. The maximum Gasteiger partial charge on any atom is 0.269 e. The molecule has 4 rings (SSSR count). The molecule has 2 N–H and O–H groups in total. The van der Waals surface area contributed by atoms with Crippen molar-refractivity contribution in [1.82, 2.24) is 30.6 Å². The maximum absolute atomic E-state index is 13.0. The Morgan fingerprint density at radius 1 is 0.970 bits per heavy atom. The lowest BCUT2D eigenvalue weighted by molar-refractivity contribution is -0.119. The predicted octanol–water partition coefficient (Wildman–Crippen LogP) is 3.33. The first-order valence-corrected chi connectivity index (χ1v) is 10.9. The smallest absolute Gasteiger partial charge is 0.269 e. The number of hydrogen-bond donors (Lipinski definition) is 2. The van der Waals surface area contributed by atoms with Gasteiger partial charge in [0, 0.05) is 23.5 Å². The summed E-state index contributed by atoms with van der Waals surface area (Å²) in [4.78, 5) is 28.5. The molecule has 2 aromatic heterocycles. The molecular weight excluding hydrogens is 443 g/mol. The first kappa shape index (κ1) is 22.2. The van der Waals surface area contributed by atoms with E-state index in [-0.39, 0.29) is 11.3 Å². The van der Waals surface area contributed by atoms with Gasteiger partial charge in [0.05, 0.1) is 11.4 Å². The van der Waals surface area contributed by atoms with Crippen molar-refractivity contribution in [1.29, 1.82) is 0 Å². The molecule has 4 aromatic rings. The van der Waals surface area contributed by atoms with Gasteiger partial charge in [-0.05, 0) is 55.0 Å². The third-order valence-corrected chi connectivity index (χ3v) is 5.61. The number of nitrogens with zero attached hydrogens (tertiary/aromatic N) is 4. The van der Waals surface area contributed by atoms with Gasteiger partial charge < -0.3 is 0 Å². The Morgan fingerprint density at radius 2 is 1.70 bits per heavy atom. The normalized spacial score (nSPS) is 10.6. The number of carbonyl (C=O) groups is 2. The minimum Gasteiger partial charge on any atom is -0.272 e. The molecule has 2 aromatic carbocycles. The van der Waals surface area contributed by atoms with Gasteiger partial charge in [0.15, 0.2) is 11.0 Å². The van der Waals surface area contributed by atoms with Crippen LogP contribution in [0.4, 0.5) is 4.39 Å². The van der Waals surface area contributed by atoms with E-state index in [1.54, 1.807) is 12.4 Å². The SMILES string of the molecule is Cc1ccccc1-n1c(SCC(=O)NNC(=O)c2ccc(F)cc2)nnc1-c1ccncc1. The Labute approximate surface area is 193 Å². The fourth-order valence-electron chi connectivity index (χ4n) is 3.05.